The van der Waals surface area contributed by atoms with E-state index in [1.165, 1.54) is 6.07 Å². The van der Waals surface area contributed by atoms with Crippen LogP contribution in [0.25, 0.3) is 0 Å². The van der Waals surface area contributed by atoms with Crippen molar-refractivity contribution in [3.05, 3.63) is 29.6 Å². The number of amides is 1. The summed E-state index contributed by atoms with van der Waals surface area (Å²) in [6.45, 7) is 6.82. The van der Waals surface area contributed by atoms with Crippen LogP contribution >= 0.6 is 0 Å². The Morgan fingerprint density at radius 1 is 1.48 bits per heavy atom. The lowest BCUT2D eigenvalue weighted by Crippen LogP contribution is -2.41. The fourth-order valence-electron chi connectivity index (χ4n) is 2.64. The van der Waals surface area contributed by atoms with Gasteiger partial charge in [0.25, 0.3) is 0 Å². The molecule has 4 nitrogen and oxygen atoms in total. The zero-order valence-electron chi connectivity index (χ0n) is 12.8. The summed E-state index contributed by atoms with van der Waals surface area (Å²) in [7, 11) is 0. The van der Waals surface area contributed by atoms with Crippen molar-refractivity contribution in [3.63, 3.8) is 0 Å². The van der Waals surface area contributed by atoms with Crippen LogP contribution < -0.4 is 5.32 Å². The van der Waals surface area contributed by atoms with Crippen molar-refractivity contribution < 1.29 is 14.3 Å². The number of carbonyl (C=O) groups is 1. The Hall–Kier alpha value is -1.46. The quantitative estimate of drug-likeness (QED) is 0.895. The zero-order valence-corrected chi connectivity index (χ0v) is 12.8. The Morgan fingerprint density at radius 2 is 2.19 bits per heavy atom. The van der Waals surface area contributed by atoms with Crippen LogP contribution in [0.3, 0.4) is 0 Å². The second-order valence-electron chi connectivity index (χ2n) is 5.91. The van der Waals surface area contributed by atoms with E-state index < -0.39 is 0 Å². The maximum atomic E-state index is 13.5. The molecule has 2 N–H and O–H groups in total. The van der Waals surface area contributed by atoms with Crippen molar-refractivity contribution in [3.8, 4) is 0 Å². The third-order valence-electron chi connectivity index (χ3n) is 4.30. The lowest BCUT2D eigenvalue weighted by atomic mass is 10.0. The average Bonchev–Trinajstić information content (AvgIpc) is 2.92. The molecule has 0 radical (unpaired) electrons. The number of halogens is 1. The van der Waals surface area contributed by atoms with Crippen LogP contribution in [0.2, 0.25) is 0 Å². The van der Waals surface area contributed by atoms with Crippen LogP contribution in [0.1, 0.15) is 25.8 Å². The fraction of sp³-hybridized carbons (Fsp3) is 0.562. The molecule has 1 aliphatic heterocycles. The monoisotopic (exact) mass is 294 g/mol. The second kappa shape index (κ2) is 6.54. The Kier molecular flexibility index (Phi) is 4.96. The number of hydrogen-bond donors (Lipinski definition) is 2. The Morgan fingerprint density at radius 3 is 2.76 bits per heavy atom. The first kappa shape index (κ1) is 15.9. The van der Waals surface area contributed by atoms with Crippen LogP contribution in [0.4, 0.5) is 10.1 Å². The molecule has 116 valence electrons. The first-order valence-electron chi connectivity index (χ1n) is 7.37. The maximum Gasteiger partial charge on any atom is 0.241 e. The van der Waals surface area contributed by atoms with E-state index in [0.717, 1.165) is 13.0 Å². The summed E-state index contributed by atoms with van der Waals surface area (Å²) in [5.74, 6) is -0.252. The minimum Gasteiger partial charge on any atom is -0.393 e. The molecule has 0 bridgehead atoms. The third kappa shape index (κ3) is 3.80. The van der Waals surface area contributed by atoms with Crippen LogP contribution in [-0.2, 0) is 4.79 Å². The summed E-state index contributed by atoms with van der Waals surface area (Å²) in [5.41, 5.74) is 1.03. The Labute approximate surface area is 125 Å². The normalized spacial score (nSPS) is 22.0. The lowest BCUT2D eigenvalue weighted by Gasteiger charge is -2.24. The molecule has 3 unspecified atom stereocenters. The molecule has 5 heteroatoms. The molecule has 1 heterocycles. The number of hydrogen-bond acceptors (Lipinski definition) is 3. The van der Waals surface area contributed by atoms with Crippen LogP contribution in [0, 0.1) is 18.7 Å². The van der Waals surface area contributed by atoms with E-state index in [2.05, 4.69) is 10.2 Å². The number of rotatable bonds is 4. The highest BCUT2D eigenvalue weighted by Gasteiger charge is 2.31. The van der Waals surface area contributed by atoms with E-state index in [0.29, 0.717) is 17.8 Å². The molecule has 1 amide bonds. The van der Waals surface area contributed by atoms with Crippen LogP contribution in [0.15, 0.2) is 18.2 Å². The van der Waals surface area contributed by atoms with Gasteiger partial charge in [-0.15, -0.1) is 0 Å². The second-order valence-corrected chi connectivity index (χ2v) is 5.91. The summed E-state index contributed by atoms with van der Waals surface area (Å²) in [6.07, 6.45) is 0.547. The number of nitrogens with one attached hydrogen (secondary N) is 1. The highest BCUT2D eigenvalue weighted by atomic mass is 19.1. The van der Waals surface area contributed by atoms with E-state index in [1.807, 2.05) is 6.92 Å². The molecular formula is C16H23FN2O2. The maximum absolute atomic E-state index is 13.5. The summed E-state index contributed by atoms with van der Waals surface area (Å²) in [5, 5.41) is 12.4. The van der Waals surface area contributed by atoms with Gasteiger partial charge >= 0.3 is 0 Å². The molecule has 1 aromatic rings. The molecule has 0 aromatic heterocycles. The molecule has 2 rings (SSSR count). The number of aryl methyl sites for hydroxylation is 1. The van der Waals surface area contributed by atoms with Crippen molar-refractivity contribution in [2.75, 3.05) is 18.4 Å². The number of anilines is 1. The smallest absolute Gasteiger partial charge is 0.241 e. The summed E-state index contributed by atoms with van der Waals surface area (Å²) >= 11 is 0. The fourth-order valence-corrected chi connectivity index (χ4v) is 2.64. The molecule has 1 fully saturated rings. The Bertz CT molecular complexity index is 519. The first-order valence-corrected chi connectivity index (χ1v) is 7.37. The van der Waals surface area contributed by atoms with Crippen LogP contribution in [-0.4, -0.2) is 41.1 Å². The third-order valence-corrected chi connectivity index (χ3v) is 4.30. The van der Waals surface area contributed by atoms with E-state index >= 15 is 0 Å². The topological polar surface area (TPSA) is 52.6 Å². The first-order chi connectivity index (χ1) is 9.88. The van der Waals surface area contributed by atoms with E-state index in [-0.39, 0.29) is 29.8 Å². The summed E-state index contributed by atoms with van der Waals surface area (Å²) in [4.78, 5) is 14.3. The minimum atomic E-state index is -0.351. The van der Waals surface area contributed by atoms with Crippen molar-refractivity contribution in [2.24, 2.45) is 5.92 Å². The molecule has 3 atom stereocenters. The van der Waals surface area contributed by atoms with E-state index in [9.17, 15) is 14.3 Å². The van der Waals surface area contributed by atoms with E-state index in [1.54, 1.807) is 26.0 Å². The molecule has 1 aromatic carbocycles. The van der Waals surface area contributed by atoms with Crippen LogP contribution in [0.5, 0.6) is 0 Å². The highest BCUT2D eigenvalue weighted by molar-refractivity contribution is 5.94. The van der Waals surface area contributed by atoms with Gasteiger partial charge < -0.3 is 10.4 Å². The van der Waals surface area contributed by atoms with E-state index in [4.69, 9.17) is 0 Å². The van der Waals surface area contributed by atoms with Gasteiger partial charge in [0.2, 0.25) is 5.91 Å². The van der Waals surface area contributed by atoms with Gasteiger partial charge in [0.15, 0.2) is 0 Å². The van der Waals surface area contributed by atoms with Crippen molar-refractivity contribution >= 4 is 11.6 Å². The summed E-state index contributed by atoms with van der Waals surface area (Å²) in [6, 6.07) is 4.39. The van der Waals surface area contributed by atoms with Gasteiger partial charge in [0.05, 0.1) is 12.1 Å². The number of aliphatic hydroxyl groups excluding tert-OH is 1. The van der Waals surface area contributed by atoms with Gasteiger partial charge in [-0.05, 0) is 57.4 Å². The van der Waals surface area contributed by atoms with Gasteiger partial charge in [0.1, 0.15) is 5.82 Å². The number of nitrogens with zero attached hydrogens (tertiary/aromatic N) is 1. The predicted molar refractivity (Wildman–Crippen MR) is 80.6 cm³/mol. The zero-order chi connectivity index (χ0) is 15.6. The number of likely N-dealkylation sites (tertiary alicyclic amines) is 1. The largest absolute Gasteiger partial charge is 0.393 e. The molecule has 0 saturated carbocycles. The van der Waals surface area contributed by atoms with Gasteiger partial charge in [-0.25, -0.2) is 4.39 Å². The predicted octanol–water partition coefficient (Wildman–Crippen LogP) is 2.16. The van der Waals surface area contributed by atoms with Crippen molar-refractivity contribution in [2.45, 2.75) is 39.3 Å². The van der Waals surface area contributed by atoms with Gasteiger partial charge in [-0.3, -0.25) is 9.69 Å². The molecule has 0 spiro atoms. The molecule has 1 saturated heterocycles. The molecule has 21 heavy (non-hydrogen) atoms. The standard InChI is InChI=1S/C16H23FN2O2/c1-10-4-5-14(8-15(10)17)18-16(21)11(2)19-7-6-13(9-19)12(3)20/h4-5,8,11-13,20H,6-7,9H2,1-3H3,(H,18,21). The molecule has 1 aliphatic rings. The number of benzene rings is 1. The van der Waals surface area contributed by atoms with Gasteiger partial charge in [0, 0.05) is 12.2 Å². The highest BCUT2D eigenvalue weighted by Crippen LogP contribution is 2.22. The Balaban J connectivity index is 1.95. The minimum absolute atomic E-state index is 0.149. The number of aliphatic hydroxyl groups is 1. The molecule has 0 aliphatic carbocycles. The van der Waals surface area contributed by atoms with Crippen molar-refractivity contribution in [1.82, 2.24) is 4.90 Å². The van der Waals surface area contributed by atoms with Crippen molar-refractivity contribution in [1.29, 1.82) is 0 Å². The van der Waals surface area contributed by atoms with Gasteiger partial charge in [-0.2, -0.15) is 0 Å². The summed E-state index contributed by atoms with van der Waals surface area (Å²) < 4.78 is 13.5. The molecular weight excluding hydrogens is 271 g/mol. The average molecular weight is 294 g/mol. The van der Waals surface area contributed by atoms with Gasteiger partial charge in [-0.1, -0.05) is 6.07 Å². The SMILES string of the molecule is Cc1ccc(NC(=O)C(C)N2CCC(C(C)O)C2)cc1F. The lowest BCUT2D eigenvalue weighted by molar-refractivity contribution is -0.120. The number of carbonyl (C=O) groups excluding carboxylic acids is 1.